The van der Waals surface area contributed by atoms with E-state index >= 15 is 0 Å². The smallest absolute Gasteiger partial charge is 0.231 e. The monoisotopic (exact) mass is 274 g/mol. The maximum atomic E-state index is 6.05. The normalized spacial score (nSPS) is 22.1. The van der Waals surface area contributed by atoms with Gasteiger partial charge in [0.15, 0.2) is 5.82 Å². The van der Waals surface area contributed by atoms with E-state index < -0.39 is 0 Å². The van der Waals surface area contributed by atoms with Crippen molar-refractivity contribution in [2.24, 2.45) is 5.73 Å². The number of nitrogens with two attached hydrogens (primary N) is 1. The van der Waals surface area contributed by atoms with E-state index in [1.54, 1.807) is 13.3 Å². The van der Waals surface area contributed by atoms with Gasteiger partial charge in [0.1, 0.15) is 0 Å². The Morgan fingerprint density at radius 2 is 2.30 bits per heavy atom. The molecule has 2 N–H and O–H groups in total. The van der Waals surface area contributed by atoms with Crippen molar-refractivity contribution in [3.63, 3.8) is 0 Å². The van der Waals surface area contributed by atoms with Crippen LogP contribution in [0.3, 0.4) is 0 Å². The van der Waals surface area contributed by atoms with E-state index in [0.29, 0.717) is 24.0 Å². The van der Waals surface area contributed by atoms with Crippen molar-refractivity contribution in [2.75, 3.05) is 7.11 Å². The fourth-order valence-corrected chi connectivity index (χ4v) is 2.60. The zero-order valence-corrected chi connectivity index (χ0v) is 11.5. The molecule has 2 heterocycles. The number of ether oxygens (including phenoxy) is 1. The summed E-state index contributed by atoms with van der Waals surface area (Å²) < 4.78 is 10.4. The molecule has 0 radical (unpaired) electrons. The molecule has 1 aliphatic carbocycles. The Kier molecular flexibility index (Phi) is 3.64. The maximum absolute atomic E-state index is 6.05. The number of pyridine rings is 1. The molecule has 0 saturated heterocycles. The van der Waals surface area contributed by atoms with Gasteiger partial charge in [-0.1, -0.05) is 17.6 Å². The Morgan fingerprint density at radius 3 is 2.95 bits per heavy atom. The minimum Gasteiger partial charge on any atom is -0.481 e. The average Bonchev–Trinajstić information content (AvgIpc) is 3.08. The number of hydrogen-bond donors (Lipinski definition) is 1. The van der Waals surface area contributed by atoms with E-state index in [1.165, 1.54) is 0 Å². The van der Waals surface area contributed by atoms with E-state index in [2.05, 4.69) is 15.1 Å². The molecule has 3 rings (SSSR count). The summed E-state index contributed by atoms with van der Waals surface area (Å²) in [4.78, 5) is 8.62. The van der Waals surface area contributed by atoms with Crippen LogP contribution in [0.1, 0.15) is 42.5 Å². The number of rotatable bonds is 4. The van der Waals surface area contributed by atoms with E-state index in [1.807, 2.05) is 12.1 Å². The Morgan fingerprint density at radius 1 is 1.40 bits per heavy atom. The molecular weight excluding hydrogens is 256 g/mol. The van der Waals surface area contributed by atoms with Gasteiger partial charge >= 0.3 is 0 Å². The first-order valence-electron chi connectivity index (χ1n) is 6.83. The number of methoxy groups -OCH3 is 1. The van der Waals surface area contributed by atoms with Gasteiger partial charge in [-0.25, -0.2) is 4.98 Å². The molecule has 2 aromatic heterocycles. The summed E-state index contributed by atoms with van der Waals surface area (Å²) in [6.45, 7) is 0. The Balaban J connectivity index is 1.70. The quantitative estimate of drug-likeness (QED) is 0.912. The minimum absolute atomic E-state index is 0.144. The Hall–Kier alpha value is -1.95. The second-order valence-electron chi connectivity index (χ2n) is 5.14. The molecule has 0 aliphatic heterocycles. The second kappa shape index (κ2) is 5.58. The largest absolute Gasteiger partial charge is 0.481 e. The van der Waals surface area contributed by atoms with Crippen LogP contribution in [-0.2, 0) is 6.42 Å². The van der Waals surface area contributed by atoms with Crippen molar-refractivity contribution in [1.82, 2.24) is 15.1 Å². The van der Waals surface area contributed by atoms with Crippen molar-refractivity contribution in [3.05, 3.63) is 35.6 Å². The molecule has 0 aromatic carbocycles. The highest BCUT2D eigenvalue weighted by Gasteiger charge is 2.30. The van der Waals surface area contributed by atoms with Crippen molar-refractivity contribution in [1.29, 1.82) is 0 Å². The molecule has 2 unspecified atom stereocenters. The third kappa shape index (κ3) is 2.65. The second-order valence-corrected chi connectivity index (χ2v) is 5.14. The van der Waals surface area contributed by atoms with Crippen LogP contribution in [0.2, 0.25) is 0 Å². The maximum Gasteiger partial charge on any atom is 0.231 e. The predicted octanol–water partition coefficient (Wildman–Crippen LogP) is 1.66. The minimum atomic E-state index is 0.144. The van der Waals surface area contributed by atoms with Gasteiger partial charge in [-0.05, 0) is 18.4 Å². The third-order valence-electron chi connectivity index (χ3n) is 3.74. The summed E-state index contributed by atoms with van der Waals surface area (Å²) in [5.41, 5.74) is 7.08. The molecule has 0 amide bonds. The van der Waals surface area contributed by atoms with Crippen molar-refractivity contribution >= 4 is 0 Å². The lowest BCUT2D eigenvalue weighted by Gasteiger charge is -2.08. The van der Waals surface area contributed by atoms with Crippen molar-refractivity contribution in [3.8, 4) is 5.88 Å². The van der Waals surface area contributed by atoms with E-state index in [4.69, 9.17) is 15.0 Å². The molecule has 6 heteroatoms. The van der Waals surface area contributed by atoms with Gasteiger partial charge in [0.05, 0.1) is 13.0 Å². The van der Waals surface area contributed by atoms with Gasteiger partial charge in [-0.3, -0.25) is 0 Å². The fraction of sp³-hybridized carbons (Fsp3) is 0.500. The number of hydrogen-bond acceptors (Lipinski definition) is 6. The number of nitrogens with zero attached hydrogens (tertiary/aromatic N) is 3. The van der Waals surface area contributed by atoms with Crippen LogP contribution in [0, 0.1) is 0 Å². The molecule has 6 nitrogen and oxygen atoms in total. The van der Waals surface area contributed by atoms with Crippen LogP contribution in [0.15, 0.2) is 22.9 Å². The van der Waals surface area contributed by atoms with E-state index in [0.717, 1.165) is 24.8 Å². The molecule has 2 atom stereocenters. The lowest BCUT2D eigenvalue weighted by molar-refractivity contribution is 0.342. The molecule has 2 aromatic rings. The summed E-state index contributed by atoms with van der Waals surface area (Å²) in [5, 5.41) is 4.03. The molecular formula is C14H18N4O2. The highest BCUT2D eigenvalue weighted by molar-refractivity contribution is 5.20. The fourth-order valence-electron chi connectivity index (χ4n) is 2.60. The Labute approximate surface area is 117 Å². The first-order valence-corrected chi connectivity index (χ1v) is 6.83. The summed E-state index contributed by atoms with van der Waals surface area (Å²) >= 11 is 0. The summed E-state index contributed by atoms with van der Waals surface area (Å²) in [6, 6.07) is 3.91. The van der Waals surface area contributed by atoms with Crippen LogP contribution in [0.4, 0.5) is 0 Å². The van der Waals surface area contributed by atoms with Gasteiger partial charge in [0.25, 0.3) is 0 Å². The zero-order chi connectivity index (χ0) is 13.9. The van der Waals surface area contributed by atoms with Crippen molar-refractivity contribution in [2.45, 2.75) is 37.6 Å². The van der Waals surface area contributed by atoms with Crippen LogP contribution in [-0.4, -0.2) is 28.3 Å². The van der Waals surface area contributed by atoms with Crippen LogP contribution in [0.25, 0.3) is 0 Å². The summed E-state index contributed by atoms with van der Waals surface area (Å²) in [7, 11) is 1.60. The van der Waals surface area contributed by atoms with Gasteiger partial charge < -0.3 is 15.0 Å². The first kappa shape index (κ1) is 13.1. The first-order chi connectivity index (χ1) is 9.76. The van der Waals surface area contributed by atoms with Gasteiger partial charge in [-0.15, -0.1) is 0 Å². The lowest BCUT2D eigenvalue weighted by Crippen LogP contribution is -2.22. The van der Waals surface area contributed by atoms with Crippen molar-refractivity contribution < 1.29 is 9.26 Å². The molecule has 1 fully saturated rings. The molecule has 0 spiro atoms. The third-order valence-corrected chi connectivity index (χ3v) is 3.74. The lowest BCUT2D eigenvalue weighted by atomic mass is 10.1. The SMILES string of the molecule is COc1ccc(Cc2noc(C3CCCC3N)n2)cn1. The molecule has 1 saturated carbocycles. The predicted molar refractivity (Wildman–Crippen MR) is 72.5 cm³/mol. The zero-order valence-electron chi connectivity index (χ0n) is 11.5. The topological polar surface area (TPSA) is 87.1 Å². The summed E-state index contributed by atoms with van der Waals surface area (Å²) in [6.07, 6.45) is 5.56. The average molecular weight is 274 g/mol. The van der Waals surface area contributed by atoms with Gasteiger partial charge in [0, 0.05) is 24.7 Å². The standard InChI is InChI=1S/C14H18N4O2/c1-19-13-6-5-9(8-16-13)7-12-17-14(20-18-12)10-3-2-4-11(10)15/h5-6,8,10-11H,2-4,7,15H2,1H3. The van der Waals surface area contributed by atoms with Crippen LogP contribution >= 0.6 is 0 Å². The molecule has 1 aliphatic rings. The van der Waals surface area contributed by atoms with Gasteiger partial charge in [0.2, 0.25) is 11.8 Å². The molecule has 0 bridgehead atoms. The van der Waals surface area contributed by atoms with Crippen LogP contribution in [0.5, 0.6) is 5.88 Å². The Bertz CT molecular complexity index is 567. The highest BCUT2D eigenvalue weighted by atomic mass is 16.5. The highest BCUT2D eigenvalue weighted by Crippen LogP contribution is 2.32. The van der Waals surface area contributed by atoms with E-state index in [9.17, 15) is 0 Å². The molecule has 20 heavy (non-hydrogen) atoms. The number of aromatic nitrogens is 3. The van der Waals surface area contributed by atoms with Crippen LogP contribution < -0.4 is 10.5 Å². The van der Waals surface area contributed by atoms with E-state index in [-0.39, 0.29) is 12.0 Å². The summed E-state index contributed by atoms with van der Waals surface area (Å²) in [5.74, 6) is 2.15. The molecule has 106 valence electrons. The van der Waals surface area contributed by atoms with Gasteiger partial charge in [-0.2, -0.15) is 4.98 Å².